The first-order valence-corrected chi connectivity index (χ1v) is 8.60. The summed E-state index contributed by atoms with van der Waals surface area (Å²) in [5.41, 5.74) is 13.3. The SMILES string of the molecule is CC(C)C(N)Cc1ccc(-c2ccc3c(c2)CCCC3)cc1. The van der Waals surface area contributed by atoms with E-state index in [0.29, 0.717) is 5.92 Å². The molecular formula is C21H27N. The Morgan fingerprint density at radius 3 is 2.18 bits per heavy atom. The van der Waals surface area contributed by atoms with Crippen molar-refractivity contribution in [2.45, 2.75) is 52.0 Å². The van der Waals surface area contributed by atoms with Crippen LogP contribution in [0.3, 0.4) is 0 Å². The second-order valence-electron chi connectivity index (χ2n) is 7.00. The smallest absolute Gasteiger partial charge is 0.0102 e. The molecule has 22 heavy (non-hydrogen) atoms. The molecule has 1 heteroatoms. The fourth-order valence-corrected chi connectivity index (χ4v) is 3.25. The van der Waals surface area contributed by atoms with Crippen LogP contribution in [0.4, 0.5) is 0 Å². The van der Waals surface area contributed by atoms with Gasteiger partial charge < -0.3 is 5.73 Å². The average molecular weight is 293 g/mol. The van der Waals surface area contributed by atoms with E-state index in [2.05, 4.69) is 56.3 Å². The van der Waals surface area contributed by atoms with Crippen LogP contribution < -0.4 is 5.73 Å². The molecule has 2 aromatic rings. The summed E-state index contributed by atoms with van der Waals surface area (Å²) >= 11 is 0. The summed E-state index contributed by atoms with van der Waals surface area (Å²) < 4.78 is 0. The molecule has 0 aliphatic heterocycles. The molecule has 0 heterocycles. The Hall–Kier alpha value is -1.60. The van der Waals surface area contributed by atoms with Crippen LogP contribution in [0.5, 0.6) is 0 Å². The van der Waals surface area contributed by atoms with Gasteiger partial charge in [-0.2, -0.15) is 0 Å². The van der Waals surface area contributed by atoms with E-state index in [1.165, 1.54) is 42.4 Å². The fraction of sp³-hybridized carbons (Fsp3) is 0.429. The second-order valence-corrected chi connectivity index (χ2v) is 7.00. The molecule has 1 nitrogen and oxygen atoms in total. The van der Waals surface area contributed by atoms with Gasteiger partial charge in [0.15, 0.2) is 0 Å². The van der Waals surface area contributed by atoms with Crippen molar-refractivity contribution in [3.8, 4) is 11.1 Å². The predicted octanol–water partition coefficient (Wildman–Crippen LogP) is 4.76. The van der Waals surface area contributed by atoms with Crippen molar-refractivity contribution in [3.05, 3.63) is 59.2 Å². The highest BCUT2D eigenvalue weighted by atomic mass is 14.6. The Morgan fingerprint density at radius 2 is 1.50 bits per heavy atom. The number of hydrogen-bond acceptors (Lipinski definition) is 1. The van der Waals surface area contributed by atoms with Gasteiger partial charge in [0.2, 0.25) is 0 Å². The van der Waals surface area contributed by atoms with Crippen molar-refractivity contribution < 1.29 is 0 Å². The number of nitrogens with two attached hydrogens (primary N) is 1. The van der Waals surface area contributed by atoms with Gasteiger partial charge in [-0.15, -0.1) is 0 Å². The van der Waals surface area contributed by atoms with Gasteiger partial charge in [-0.25, -0.2) is 0 Å². The maximum Gasteiger partial charge on any atom is 0.0102 e. The van der Waals surface area contributed by atoms with Crippen molar-refractivity contribution in [3.63, 3.8) is 0 Å². The maximum atomic E-state index is 6.17. The van der Waals surface area contributed by atoms with Crippen molar-refractivity contribution in [2.24, 2.45) is 11.7 Å². The number of benzene rings is 2. The molecule has 1 aliphatic carbocycles. The molecule has 0 radical (unpaired) electrons. The molecule has 0 bridgehead atoms. The van der Waals surface area contributed by atoms with Gasteiger partial charge in [0.05, 0.1) is 0 Å². The van der Waals surface area contributed by atoms with Crippen molar-refractivity contribution >= 4 is 0 Å². The quantitative estimate of drug-likeness (QED) is 0.864. The molecule has 2 N–H and O–H groups in total. The summed E-state index contributed by atoms with van der Waals surface area (Å²) in [6, 6.07) is 16.2. The van der Waals surface area contributed by atoms with E-state index in [9.17, 15) is 0 Å². The minimum absolute atomic E-state index is 0.245. The van der Waals surface area contributed by atoms with Crippen LogP contribution in [0.15, 0.2) is 42.5 Å². The number of rotatable bonds is 4. The summed E-state index contributed by atoms with van der Waals surface area (Å²) in [6.45, 7) is 4.37. The summed E-state index contributed by atoms with van der Waals surface area (Å²) in [5.74, 6) is 0.528. The lowest BCUT2D eigenvalue weighted by Gasteiger charge is -2.17. The fourth-order valence-electron chi connectivity index (χ4n) is 3.25. The van der Waals surface area contributed by atoms with Crippen LogP contribution in [0, 0.1) is 5.92 Å². The van der Waals surface area contributed by atoms with Crippen LogP contribution >= 0.6 is 0 Å². The van der Waals surface area contributed by atoms with Crippen molar-refractivity contribution in [2.75, 3.05) is 0 Å². The summed E-state index contributed by atoms with van der Waals surface area (Å²) in [7, 11) is 0. The zero-order valence-electron chi connectivity index (χ0n) is 13.8. The third-order valence-corrected chi connectivity index (χ3v) is 4.96. The van der Waals surface area contributed by atoms with E-state index >= 15 is 0 Å². The minimum Gasteiger partial charge on any atom is -0.327 e. The second kappa shape index (κ2) is 6.66. The molecule has 0 saturated heterocycles. The molecule has 0 saturated carbocycles. The lowest BCUT2D eigenvalue weighted by molar-refractivity contribution is 0.490. The standard InChI is InChI=1S/C21H27N/c1-15(2)21(22)13-16-7-9-18(10-8-16)20-12-11-17-5-3-4-6-19(17)14-20/h7-12,14-15,21H,3-6,13,22H2,1-2H3. The normalized spacial score (nSPS) is 15.6. The van der Waals surface area contributed by atoms with E-state index in [4.69, 9.17) is 5.73 Å². The van der Waals surface area contributed by atoms with Crippen LogP contribution in [-0.2, 0) is 19.3 Å². The summed E-state index contributed by atoms with van der Waals surface area (Å²) in [6.07, 6.45) is 6.13. The lowest BCUT2D eigenvalue weighted by atomic mass is 9.89. The molecule has 116 valence electrons. The first kappa shape index (κ1) is 15.3. The van der Waals surface area contributed by atoms with E-state index in [1.54, 1.807) is 11.1 Å². The lowest BCUT2D eigenvalue weighted by Crippen LogP contribution is -2.28. The van der Waals surface area contributed by atoms with E-state index in [-0.39, 0.29) is 6.04 Å². The number of hydrogen-bond donors (Lipinski definition) is 1. The largest absolute Gasteiger partial charge is 0.327 e. The third-order valence-electron chi connectivity index (χ3n) is 4.96. The van der Waals surface area contributed by atoms with Crippen LogP contribution in [0.1, 0.15) is 43.4 Å². The van der Waals surface area contributed by atoms with Gasteiger partial charge >= 0.3 is 0 Å². The molecule has 0 aromatic heterocycles. The van der Waals surface area contributed by atoms with Gasteiger partial charge in [-0.3, -0.25) is 0 Å². The highest BCUT2D eigenvalue weighted by molar-refractivity contribution is 5.65. The Kier molecular flexibility index (Phi) is 4.63. The predicted molar refractivity (Wildman–Crippen MR) is 95.0 cm³/mol. The average Bonchev–Trinajstić information content (AvgIpc) is 2.55. The first-order chi connectivity index (χ1) is 10.6. The molecule has 1 atom stereocenters. The Morgan fingerprint density at radius 1 is 0.864 bits per heavy atom. The molecule has 2 aromatic carbocycles. The Bertz CT molecular complexity index is 625. The highest BCUT2D eigenvalue weighted by Crippen LogP contribution is 2.27. The Labute approximate surface area is 134 Å². The first-order valence-electron chi connectivity index (χ1n) is 8.60. The monoisotopic (exact) mass is 293 g/mol. The van der Waals surface area contributed by atoms with Crippen LogP contribution in [0.25, 0.3) is 11.1 Å². The molecule has 1 aliphatic rings. The molecule has 3 rings (SSSR count). The van der Waals surface area contributed by atoms with Gasteiger partial charge in [-0.1, -0.05) is 56.3 Å². The highest BCUT2D eigenvalue weighted by Gasteiger charge is 2.11. The van der Waals surface area contributed by atoms with Gasteiger partial charge in [0.25, 0.3) is 0 Å². The van der Waals surface area contributed by atoms with Crippen LogP contribution in [-0.4, -0.2) is 6.04 Å². The minimum atomic E-state index is 0.245. The molecule has 0 fully saturated rings. The van der Waals surface area contributed by atoms with Gasteiger partial charge in [0.1, 0.15) is 0 Å². The topological polar surface area (TPSA) is 26.0 Å². The van der Waals surface area contributed by atoms with Crippen molar-refractivity contribution in [1.82, 2.24) is 0 Å². The molecule has 0 amide bonds. The third kappa shape index (κ3) is 3.41. The van der Waals surface area contributed by atoms with E-state index in [1.807, 2.05) is 0 Å². The van der Waals surface area contributed by atoms with Gasteiger partial charge in [-0.05, 0) is 65.8 Å². The summed E-state index contributed by atoms with van der Waals surface area (Å²) in [4.78, 5) is 0. The molecule has 0 spiro atoms. The number of fused-ring (bicyclic) bond motifs is 1. The molecule has 1 unspecified atom stereocenters. The van der Waals surface area contributed by atoms with E-state index in [0.717, 1.165) is 6.42 Å². The van der Waals surface area contributed by atoms with Gasteiger partial charge in [0, 0.05) is 6.04 Å². The maximum absolute atomic E-state index is 6.17. The zero-order valence-corrected chi connectivity index (χ0v) is 13.8. The Balaban J connectivity index is 1.78. The van der Waals surface area contributed by atoms with Crippen molar-refractivity contribution in [1.29, 1.82) is 0 Å². The zero-order chi connectivity index (χ0) is 15.5. The number of aryl methyl sites for hydroxylation is 2. The van der Waals surface area contributed by atoms with Crippen LogP contribution in [0.2, 0.25) is 0 Å². The summed E-state index contributed by atoms with van der Waals surface area (Å²) in [5, 5.41) is 0. The van der Waals surface area contributed by atoms with E-state index < -0.39 is 0 Å². The molecular weight excluding hydrogens is 266 g/mol.